The molecule has 0 unspecified atom stereocenters. The topological polar surface area (TPSA) is 114 Å². The van der Waals surface area contributed by atoms with Gasteiger partial charge in [-0.1, -0.05) is 0 Å². The smallest absolute Gasteiger partial charge is 0.407 e. The Labute approximate surface area is 113 Å². The van der Waals surface area contributed by atoms with Crippen LogP contribution in [0.5, 0.6) is 0 Å². The van der Waals surface area contributed by atoms with Crippen LogP contribution in [0.15, 0.2) is 0 Å². The lowest BCUT2D eigenvalue weighted by molar-refractivity contribution is -0.119. The fourth-order valence-electron chi connectivity index (χ4n) is 0.940. The van der Waals surface area contributed by atoms with Gasteiger partial charge in [0.1, 0.15) is 5.60 Å². The molecule has 0 saturated heterocycles. The Morgan fingerprint density at radius 2 is 1.63 bits per heavy atom. The highest BCUT2D eigenvalue weighted by Gasteiger charge is 2.15. The van der Waals surface area contributed by atoms with E-state index in [1.807, 2.05) is 0 Å². The van der Waals surface area contributed by atoms with E-state index in [-0.39, 0.29) is 19.6 Å². The van der Waals surface area contributed by atoms with E-state index in [0.717, 1.165) is 6.26 Å². The molecule has 0 aliphatic rings. The van der Waals surface area contributed by atoms with Gasteiger partial charge in [0, 0.05) is 13.1 Å². The quantitative estimate of drug-likeness (QED) is 0.554. The molecule has 0 bridgehead atoms. The second kappa shape index (κ2) is 7.29. The van der Waals surface area contributed by atoms with Crippen molar-refractivity contribution in [2.24, 2.45) is 0 Å². The van der Waals surface area contributed by atoms with Crippen LogP contribution in [0.2, 0.25) is 0 Å². The summed E-state index contributed by atoms with van der Waals surface area (Å²) in [6, 6.07) is 0. The molecule has 8 nitrogen and oxygen atoms in total. The van der Waals surface area contributed by atoms with Crippen LogP contribution in [0.3, 0.4) is 0 Å². The van der Waals surface area contributed by atoms with Gasteiger partial charge in [-0.05, 0) is 20.8 Å². The van der Waals surface area contributed by atoms with Crippen LogP contribution < -0.4 is 15.4 Å². The van der Waals surface area contributed by atoms with Crippen molar-refractivity contribution in [3.8, 4) is 0 Å². The molecular formula is C10H21N3O5S. The second-order valence-corrected chi connectivity index (χ2v) is 6.70. The first-order valence-electron chi connectivity index (χ1n) is 5.68. The molecule has 0 heterocycles. The summed E-state index contributed by atoms with van der Waals surface area (Å²) in [5.74, 6) is -0.476. The zero-order valence-electron chi connectivity index (χ0n) is 11.6. The molecule has 0 aliphatic carbocycles. The Hall–Kier alpha value is -1.35. The summed E-state index contributed by atoms with van der Waals surface area (Å²) < 4.78 is 28.5. The Morgan fingerprint density at radius 1 is 1.11 bits per heavy atom. The highest BCUT2D eigenvalue weighted by atomic mass is 32.2. The molecule has 0 aromatic heterocycles. The monoisotopic (exact) mass is 295 g/mol. The van der Waals surface area contributed by atoms with E-state index in [9.17, 15) is 18.0 Å². The summed E-state index contributed by atoms with van der Waals surface area (Å²) in [6.07, 6.45) is 0.389. The van der Waals surface area contributed by atoms with Crippen LogP contribution in [0.4, 0.5) is 4.79 Å². The van der Waals surface area contributed by atoms with Crippen molar-refractivity contribution >= 4 is 22.0 Å². The van der Waals surface area contributed by atoms with Crippen LogP contribution in [0.1, 0.15) is 20.8 Å². The van der Waals surface area contributed by atoms with Gasteiger partial charge in [0.2, 0.25) is 15.9 Å². The van der Waals surface area contributed by atoms with Crippen molar-refractivity contribution in [2.45, 2.75) is 26.4 Å². The van der Waals surface area contributed by atoms with Crippen LogP contribution >= 0.6 is 0 Å². The Bertz CT molecular complexity index is 413. The first-order valence-corrected chi connectivity index (χ1v) is 7.57. The van der Waals surface area contributed by atoms with Crippen molar-refractivity contribution in [2.75, 3.05) is 25.9 Å². The Balaban J connectivity index is 3.70. The van der Waals surface area contributed by atoms with Crippen LogP contribution in [-0.4, -0.2) is 51.9 Å². The first kappa shape index (κ1) is 17.6. The molecule has 0 spiro atoms. The van der Waals surface area contributed by atoms with Crippen LogP contribution in [0.25, 0.3) is 0 Å². The molecule has 0 aromatic carbocycles. The van der Waals surface area contributed by atoms with Gasteiger partial charge in [0.05, 0.1) is 12.8 Å². The molecule has 0 radical (unpaired) electrons. The van der Waals surface area contributed by atoms with Gasteiger partial charge in [-0.3, -0.25) is 4.79 Å². The van der Waals surface area contributed by atoms with Crippen molar-refractivity contribution in [3.05, 3.63) is 0 Å². The van der Waals surface area contributed by atoms with Gasteiger partial charge in [0.15, 0.2) is 0 Å². The lowest BCUT2D eigenvalue weighted by Gasteiger charge is -2.19. The van der Waals surface area contributed by atoms with E-state index in [2.05, 4.69) is 15.4 Å². The largest absolute Gasteiger partial charge is 0.444 e. The molecule has 0 atom stereocenters. The van der Waals surface area contributed by atoms with Gasteiger partial charge >= 0.3 is 6.09 Å². The zero-order valence-corrected chi connectivity index (χ0v) is 12.4. The van der Waals surface area contributed by atoms with Crippen LogP contribution in [-0.2, 0) is 19.6 Å². The van der Waals surface area contributed by atoms with Crippen molar-refractivity contribution < 1.29 is 22.7 Å². The minimum atomic E-state index is -3.38. The van der Waals surface area contributed by atoms with Crippen LogP contribution in [0, 0.1) is 0 Å². The SMILES string of the molecule is CC(C)(C)OC(=O)NCCNC(=O)CNS(C)(=O)=O. The molecule has 0 fully saturated rings. The van der Waals surface area contributed by atoms with Crippen molar-refractivity contribution in [3.63, 3.8) is 0 Å². The normalized spacial score (nSPS) is 11.8. The predicted molar refractivity (Wildman–Crippen MR) is 70.1 cm³/mol. The van der Waals surface area contributed by atoms with E-state index in [1.54, 1.807) is 20.8 Å². The summed E-state index contributed by atoms with van der Waals surface area (Å²) >= 11 is 0. The maximum atomic E-state index is 11.2. The average molecular weight is 295 g/mol. The number of hydrogen-bond acceptors (Lipinski definition) is 5. The lowest BCUT2D eigenvalue weighted by Crippen LogP contribution is -2.41. The molecule has 2 amide bonds. The van der Waals surface area contributed by atoms with Gasteiger partial charge in [-0.15, -0.1) is 0 Å². The van der Waals surface area contributed by atoms with Crippen molar-refractivity contribution in [1.29, 1.82) is 0 Å². The number of carbonyl (C=O) groups is 2. The summed E-state index contributed by atoms with van der Waals surface area (Å²) in [5.41, 5.74) is -0.577. The summed E-state index contributed by atoms with van der Waals surface area (Å²) in [4.78, 5) is 22.4. The van der Waals surface area contributed by atoms with E-state index in [4.69, 9.17) is 4.74 Å². The van der Waals surface area contributed by atoms with Gasteiger partial charge in [0.25, 0.3) is 0 Å². The minimum absolute atomic E-state index is 0.184. The third-order valence-electron chi connectivity index (χ3n) is 1.61. The first-order chi connectivity index (χ1) is 8.49. The molecule has 112 valence electrons. The average Bonchev–Trinajstić information content (AvgIpc) is 2.18. The second-order valence-electron chi connectivity index (χ2n) is 4.87. The molecule has 19 heavy (non-hydrogen) atoms. The van der Waals surface area contributed by atoms with E-state index in [1.165, 1.54) is 0 Å². The third-order valence-corrected chi connectivity index (χ3v) is 2.28. The maximum Gasteiger partial charge on any atom is 0.407 e. The summed E-state index contributed by atoms with van der Waals surface area (Å²) in [7, 11) is -3.38. The number of carbonyl (C=O) groups excluding carboxylic acids is 2. The number of hydrogen-bond donors (Lipinski definition) is 3. The number of ether oxygens (including phenoxy) is 1. The molecule has 0 saturated carbocycles. The van der Waals surface area contributed by atoms with Crippen molar-refractivity contribution in [1.82, 2.24) is 15.4 Å². The minimum Gasteiger partial charge on any atom is -0.444 e. The predicted octanol–water partition coefficient (Wildman–Crippen LogP) is -0.823. The van der Waals surface area contributed by atoms with Gasteiger partial charge in [-0.25, -0.2) is 17.9 Å². The summed E-state index contributed by atoms with van der Waals surface area (Å²) in [6.45, 7) is 5.27. The number of alkyl carbamates (subject to hydrolysis) is 1. The number of sulfonamides is 1. The molecular weight excluding hydrogens is 274 g/mol. The Kier molecular flexibility index (Phi) is 6.77. The maximum absolute atomic E-state index is 11.2. The Morgan fingerprint density at radius 3 is 2.11 bits per heavy atom. The molecule has 3 N–H and O–H groups in total. The molecule has 9 heteroatoms. The van der Waals surface area contributed by atoms with Gasteiger partial charge < -0.3 is 15.4 Å². The highest BCUT2D eigenvalue weighted by Crippen LogP contribution is 2.05. The highest BCUT2D eigenvalue weighted by molar-refractivity contribution is 7.88. The summed E-state index contributed by atoms with van der Waals surface area (Å²) in [5, 5.41) is 4.89. The third kappa shape index (κ3) is 12.9. The number of rotatable bonds is 6. The van der Waals surface area contributed by atoms with E-state index in [0.29, 0.717) is 0 Å². The zero-order chi connectivity index (χ0) is 15.1. The van der Waals surface area contributed by atoms with Gasteiger partial charge in [-0.2, -0.15) is 0 Å². The fourth-order valence-corrected chi connectivity index (χ4v) is 1.33. The van der Waals surface area contributed by atoms with E-state index >= 15 is 0 Å². The molecule has 0 aliphatic heterocycles. The number of nitrogens with one attached hydrogen (secondary N) is 3. The van der Waals surface area contributed by atoms with E-state index < -0.39 is 27.6 Å². The fraction of sp³-hybridized carbons (Fsp3) is 0.800. The lowest BCUT2D eigenvalue weighted by atomic mass is 10.2. The number of amides is 2. The molecule has 0 aromatic rings. The standard InChI is InChI=1S/C10H21N3O5S/c1-10(2,3)18-9(15)12-6-5-11-8(14)7-13-19(4,16)17/h13H,5-7H2,1-4H3,(H,11,14)(H,12,15). The molecule has 0 rings (SSSR count).